The molecule has 0 heterocycles. The highest BCUT2D eigenvalue weighted by Crippen LogP contribution is 2.16. The van der Waals surface area contributed by atoms with E-state index in [1.807, 2.05) is 37.3 Å². The number of carbonyl (C=O) groups excluding carboxylic acids is 3. The van der Waals surface area contributed by atoms with Crippen molar-refractivity contribution in [1.82, 2.24) is 5.32 Å². The van der Waals surface area contributed by atoms with Crippen molar-refractivity contribution in [2.45, 2.75) is 20.4 Å². The van der Waals surface area contributed by atoms with Crippen LogP contribution in [0, 0.1) is 6.92 Å². The van der Waals surface area contributed by atoms with Crippen molar-refractivity contribution in [3.63, 3.8) is 0 Å². The molecule has 0 radical (unpaired) electrons. The largest absolute Gasteiger partial charge is 0.513 e. The Bertz CT molecular complexity index is 1190. The van der Waals surface area contributed by atoms with Crippen molar-refractivity contribution >= 4 is 29.7 Å². The van der Waals surface area contributed by atoms with Crippen molar-refractivity contribution in [2.24, 2.45) is 0 Å². The van der Waals surface area contributed by atoms with Gasteiger partial charge in [-0.05, 0) is 67.4 Å². The number of aryl methyl sites for hydroxylation is 1. The molecule has 0 aliphatic rings. The Hall–Kier alpha value is -4.39. The van der Waals surface area contributed by atoms with Gasteiger partial charge in [0.2, 0.25) is 5.91 Å². The Morgan fingerprint density at radius 3 is 2.44 bits per heavy atom. The second kappa shape index (κ2) is 12.0. The topological polar surface area (TPSA) is 93.7 Å². The summed E-state index contributed by atoms with van der Waals surface area (Å²) in [5.41, 5.74) is 3.92. The number of ether oxygens (including phenoxy) is 2. The summed E-state index contributed by atoms with van der Waals surface area (Å²) in [6.45, 7) is 4.22. The van der Waals surface area contributed by atoms with E-state index in [-0.39, 0.29) is 24.2 Å². The number of hydrogen-bond donors (Lipinski definition) is 2. The van der Waals surface area contributed by atoms with Gasteiger partial charge in [0.25, 0.3) is 5.91 Å². The van der Waals surface area contributed by atoms with Crippen LogP contribution in [0.3, 0.4) is 0 Å². The highest BCUT2D eigenvalue weighted by atomic mass is 16.7. The van der Waals surface area contributed by atoms with Crippen molar-refractivity contribution in [3.05, 3.63) is 101 Å². The maximum absolute atomic E-state index is 12.5. The van der Waals surface area contributed by atoms with Crippen LogP contribution >= 0.6 is 0 Å². The van der Waals surface area contributed by atoms with Gasteiger partial charge >= 0.3 is 6.16 Å². The molecular formula is C27H26N2O5. The fourth-order valence-electron chi connectivity index (χ4n) is 3.07. The van der Waals surface area contributed by atoms with Gasteiger partial charge in [-0.3, -0.25) is 9.59 Å². The standard InChI is InChI=1S/C27H26N2O5/c1-3-33-27(32)34-24-13-11-22(12-14-24)26(31)29-23-9-5-8-21(17-23)18-28-25(30)15-10-20-7-4-6-19(2)16-20/h4-17H,3,18H2,1-2H3,(H,28,30)(H,29,31)/b15-10+. The molecule has 7 heteroatoms. The van der Waals surface area contributed by atoms with Gasteiger partial charge in [0.1, 0.15) is 5.75 Å². The summed E-state index contributed by atoms with van der Waals surface area (Å²) in [4.78, 5) is 36.1. The molecule has 0 aliphatic heterocycles. The molecule has 0 unspecified atom stereocenters. The first-order valence-corrected chi connectivity index (χ1v) is 10.8. The van der Waals surface area contributed by atoms with E-state index in [4.69, 9.17) is 9.47 Å². The first kappa shape index (κ1) is 24.3. The maximum atomic E-state index is 12.5. The van der Waals surface area contributed by atoms with Crippen molar-refractivity contribution < 1.29 is 23.9 Å². The molecule has 3 rings (SSSR count). The lowest BCUT2D eigenvalue weighted by Gasteiger charge is -2.09. The zero-order valence-corrected chi connectivity index (χ0v) is 19.0. The molecule has 2 amide bonds. The van der Waals surface area contributed by atoms with Crippen LogP contribution in [0.15, 0.2) is 78.9 Å². The average molecular weight is 459 g/mol. The molecular weight excluding hydrogens is 432 g/mol. The Morgan fingerprint density at radius 2 is 1.71 bits per heavy atom. The summed E-state index contributed by atoms with van der Waals surface area (Å²) in [7, 11) is 0. The number of carbonyl (C=O) groups is 3. The predicted molar refractivity (Wildman–Crippen MR) is 131 cm³/mol. The Morgan fingerprint density at radius 1 is 0.941 bits per heavy atom. The number of benzene rings is 3. The molecule has 3 aromatic rings. The van der Waals surface area contributed by atoms with E-state index in [0.717, 1.165) is 16.7 Å². The summed E-state index contributed by atoms with van der Waals surface area (Å²) >= 11 is 0. The minimum Gasteiger partial charge on any atom is -0.434 e. The highest BCUT2D eigenvalue weighted by Gasteiger charge is 2.09. The maximum Gasteiger partial charge on any atom is 0.513 e. The van der Waals surface area contributed by atoms with Crippen molar-refractivity contribution in [1.29, 1.82) is 0 Å². The van der Waals surface area contributed by atoms with Crippen LogP contribution in [0.5, 0.6) is 5.75 Å². The fourth-order valence-corrected chi connectivity index (χ4v) is 3.07. The van der Waals surface area contributed by atoms with E-state index < -0.39 is 6.16 Å². The SMILES string of the molecule is CCOC(=O)Oc1ccc(C(=O)Nc2cccc(CNC(=O)/C=C/c3cccc(C)c3)c2)cc1. The van der Waals surface area contributed by atoms with Crippen LogP contribution in [0.25, 0.3) is 6.08 Å². The summed E-state index contributed by atoms with van der Waals surface area (Å²) in [6, 6.07) is 21.2. The third kappa shape index (κ3) is 7.63. The second-order valence-electron chi connectivity index (χ2n) is 7.43. The molecule has 0 aliphatic carbocycles. The Labute approximate surface area is 198 Å². The number of anilines is 1. The zero-order chi connectivity index (χ0) is 24.3. The normalized spacial score (nSPS) is 10.5. The van der Waals surface area contributed by atoms with E-state index in [1.54, 1.807) is 43.3 Å². The van der Waals surface area contributed by atoms with Crippen LogP contribution in [0.4, 0.5) is 10.5 Å². The molecule has 0 aromatic heterocycles. The number of hydrogen-bond acceptors (Lipinski definition) is 5. The van der Waals surface area contributed by atoms with Gasteiger partial charge in [-0.1, -0.05) is 42.0 Å². The quantitative estimate of drug-likeness (QED) is 0.278. The number of nitrogens with one attached hydrogen (secondary N) is 2. The zero-order valence-electron chi connectivity index (χ0n) is 19.0. The third-order valence-corrected chi connectivity index (χ3v) is 4.70. The molecule has 0 saturated carbocycles. The third-order valence-electron chi connectivity index (χ3n) is 4.70. The predicted octanol–water partition coefficient (Wildman–Crippen LogP) is 5.11. The van der Waals surface area contributed by atoms with Crippen LogP contribution in [-0.2, 0) is 16.1 Å². The first-order valence-electron chi connectivity index (χ1n) is 10.8. The van der Waals surface area contributed by atoms with Gasteiger partial charge < -0.3 is 20.1 Å². The molecule has 3 aromatic carbocycles. The van der Waals surface area contributed by atoms with E-state index in [9.17, 15) is 14.4 Å². The monoisotopic (exact) mass is 458 g/mol. The molecule has 174 valence electrons. The molecule has 0 bridgehead atoms. The molecule has 0 fully saturated rings. The van der Waals surface area contributed by atoms with Gasteiger partial charge in [-0.15, -0.1) is 0 Å². The number of rotatable bonds is 8. The lowest BCUT2D eigenvalue weighted by molar-refractivity contribution is -0.116. The van der Waals surface area contributed by atoms with Gasteiger partial charge in [-0.2, -0.15) is 0 Å². The van der Waals surface area contributed by atoms with Crippen LogP contribution < -0.4 is 15.4 Å². The molecule has 34 heavy (non-hydrogen) atoms. The van der Waals surface area contributed by atoms with Gasteiger partial charge in [-0.25, -0.2) is 4.79 Å². The van der Waals surface area contributed by atoms with Gasteiger partial charge in [0.05, 0.1) is 6.61 Å². The lowest BCUT2D eigenvalue weighted by atomic mass is 10.1. The molecule has 0 atom stereocenters. The van der Waals surface area contributed by atoms with E-state index >= 15 is 0 Å². The van der Waals surface area contributed by atoms with E-state index in [0.29, 0.717) is 17.8 Å². The summed E-state index contributed by atoms with van der Waals surface area (Å²) in [5, 5.41) is 5.66. The Balaban J connectivity index is 1.53. The van der Waals surface area contributed by atoms with Gasteiger partial charge in [0.15, 0.2) is 0 Å². The number of amides is 2. The van der Waals surface area contributed by atoms with E-state index in [1.165, 1.54) is 18.2 Å². The van der Waals surface area contributed by atoms with Crippen molar-refractivity contribution in [3.8, 4) is 5.75 Å². The average Bonchev–Trinajstić information content (AvgIpc) is 2.82. The lowest BCUT2D eigenvalue weighted by Crippen LogP contribution is -2.20. The van der Waals surface area contributed by atoms with E-state index in [2.05, 4.69) is 10.6 Å². The highest BCUT2D eigenvalue weighted by molar-refractivity contribution is 6.04. The smallest absolute Gasteiger partial charge is 0.434 e. The molecule has 7 nitrogen and oxygen atoms in total. The minimum absolute atomic E-state index is 0.207. The first-order chi connectivity index (χ1) is 16.4. The van der Waals surface area contributed by atoms with Crippen LogP contribution in [0.1, 0.15) is 34.0 Å². The fraction of sp³-hybridized carbons (Fsp3) is 0.148. The summed E-state index contributed by atoms with van der Waals surface area (Å²) < 4.78 is 9.70. The summed E-state index contributed by atoms with van der Waals surface area (Å²) in [5.74, 6) is -0.241. The Kier molecular flexibility index (Phi) is 8.57. The van der Waals surface area contributed by atoms with Crippen LogP contribution in [0.2, 0.25) is 0 Å². The molecule has 0 spiro atoms. The summed E-state index contributed by atoms with van der Waals surface area (Å²) in [6.07, 6.45) is 2.46. The second-order valence-corrected chi connectivity index (χ2v) is 7.43. The van der Waals surface area contributed by atoms with Crippen molar-refractivity contribution in [2.75, 3.05) is 11.9 Å². The molecule has 0 saturated heterocycles. The van der Waals surface area contributed by atoms with Gasteiger partial charge in [0, 0.05) is 23.9 Å². The minimum atomic E-state index is -0.797. The molecule has 2 N–H and O–H groups in total. The van der Waals surface area contributed by atoms with Crippen LogP contribution in [-0.4, -0.2) is 24.6 Å².